The molecule has 2 rings (SSSR count). The molecule has 0 amide bonds. The van der Waals surface area contributed by atoms with E-state index < -0.39 is 0 Å². The standard InChI is InChI=1S/C8H9N2O/c11-7-5-10(6-7)8-3-1-2-4-9-8/h2-4,7,11H,5-6H2. The molecule has 1 radical (unpaired) electrons. The highest BCUT2D eigenvalue weighted by Crippen LogP contribution is 2.16. The molecule has 1 N–H and O–H groups in total. The number of nitrogens with zero attached hydrogens (tertiary/aromatic N) is 2. The molecule has 0 unspecified atom stereocenters. The largest absolute Gasteiger partial charge is 0.389 e. The Labute approximate surface area is 65.3 Å². The first kappa shape index (κ1) is 6.61. The molecule has 1 aliphatic heterocycles. The van der Waals surface area contributed by atoms with E-state index in [-0.39, 0.29) is 6.10 Å². The first-order valence-corrected chi connectivity index (χ1v) is 3.61. The normalized spacial score (nSPS) is 18.1. The fourth-order valence-electron chi connectivity index (χ4n) is 1.13. The van der Waals surface area contributed by atoms with Crippen LogP contribution >= 0.6 is 0 Å². The Bertz CT molecular complexity index is 231. The summed E-state index contributed by atoms with van der Waals surface area (Å²) < 4.78 is 0. The van der Waals surface area contributed by atoms with Gasteiger partial charge in [0.15, 0.2) is 0 Å². The lowest BCUT2D eigenvalue weighted by atomic mass is 10.2. The highest BCUT2D eigenvalue weighted by Gasteiger charge is 2.24. The van der Waals surface area contributed by atoms with E-state index in [1.807, 2.05) is 11.0 Å². The van der Waals surface area contributed by atoms with Crippen LogP contribution in [0.4, 0.5) is 5.82 Å². The number of aromatic nitrogens is 1. The Morgan fingerprint density at radius 3 is 3.00 bits per heavy atom. The SMILES string of the molecule is OC1CN(c2c[c]ccn2)C1. The van der Waals surface area contributed by atoms with Crippen LogP contribution in [-0.2, 0) is 0 Å². The molecule has 0 saturated carbocycles. The fourth-order valence-corrected chi connectivity index (χ4v) is 1.13. The summed E-state index contributed by atoms with van der Waals surface area (Å²) >= 11 is 0. The van der Waals surface area contributed by atoms with Crippen LogP contribution < -0.4 is 4.90 Å². The second-order valence-corrected chi connectivity index (χ2v) is 2.67. The molecule has 0 bridgehead atoms. The molecule has 1 saturated heterocycles. The molecule has 2 heterocycles. The molecule has 3 heteroatoms. The molecule has 3 nitrogen and oxygen atoms in total. The Hall–Kier alpha value is -1.09. The molecule has 1 aromatic rings. The lowest BCUT2D eigenvalue weighted by Gasteiger charge is -2.36. The zero-order valence-corrected chi connectivity index (χ0v) is 6.07. The highest BCUT2D eigenvalue weighted by molar-refractivity contribution is 5.40. The molecule has 57 valence electrons. The minimum atomic E-state index is -0.169. The van der Waals surface area contributed by atoms with Gasteiger partial charge in [0.25, 0.3) is 0 Å². The predicted octanol–water partition coefficient (Wildman–Crippen LogP) is 0.0627. The van der Waals surface area contributed by atoms with E-state index in [4.69, 9.17) is 5.11 Å². The zero-order valence-electron chi connectivity index (χ0n) is 6.07. The number of β-amino-alcohol motifs (C(OH)–C–C–N with tert-alkyl or cyclic N) is 1. The van der Waals surface area contributed by atoms with Gasteiger partial charge in [-0.25, -0.2) is 4.98 Å². The van der Waals surface area contributed by atoms with Gasteiger partial charge in [0, 0.05) is 19.3 Å². The van der Waals surface area contributed by atoms with Gasteiger partial charge < -0.3 is 10.0 Å². The van der Waals surface area contributed by atoms with E-state index in [1.165, 1.54) is 0 Å². The average Bonchev–Trinajstić information content (AvgIpc) is 2.01. The second kappa shape index (κ2) is 2.51. The summed E-state index contributed by atoms with van der Waals surface area (Å²) in [4.78, 5) is 6.13. The molecular formula is C8H9N2O. The number of pyridine rings is 1. The minimum Gasteiger partial charge on any atom is -0.389 e. The fraction of sp³-hybridized carbons (Fsp3) is 0.375. The Kier molecular flexibility index (Phi) is 1.51. The first-order valence-electron chi connectivity index (χ1n) is 3.61. The molecule has 1 fully saturated rings. The van der Waals surface area contributed by atoms with Gasteiger partial charge in [-0.1, -0.05) is 0 Å². The van der Waals surface area contributed by atoms with Crippen molar-refractivity contribution in [1.29, 1.82) is 0 Å². The number of hydrogen-bond donors (Lipinski definition) is 1. The summed E-state index contributed by atoms with van der Waals surface area (Å²) in [7, 11) is 0. The van der Waals surface area contributed by atoms with Crippen molar-refractivity contribution in [2.45, 2.75) is 6.10 Å². The topological polar surface area (TPSA) is 36.4 Å². The summed E-state index contributed by atoms with van der Waals surface area (Å²) in [5.74, 6) is 0.901. The van der Waals surface area contributed by atoms with Gasteiger partial charge in [-0.2, -0.15) is 0 Å². The molecule has 0 atom stereocenters. The van der Waals surface area contributed by atoms with Crippen LogP contribution in [-0.4, -0.2) is 29.3 Å². The third-order valence-electron chi connectivity index (χ3n) is 1.78. The summed E-state index contributed by atoms with van der Waals surface area (Å²) in [6, 6.07) is 6.53. The van der Waals surface area contributed by atoms with Crippen LogP contribution in [0.5, 0.6) is 0 Å². The van der Waals surface area contributed by atoms with Crippen molar-refractivity contribution in [2.75, 3.05) is 18.0 Å². The van der Waals surface area contributed by atoms with Gasteiger partial charge in [-0.3, -0.25) is 0 Å². The van der Waals surface area contributed by atoms with Crippen LogP contribution in [0.15, 0.2) is 18.3 Å². The van der Waals surface area contributed by atoms with Crippen molar-refractivity contribution < 1.29 is 5.11 Å². The molecule has 0 spiro atoms. The van der Waals surface area contributed by atoms with Crippen molar-refractivity contribution in [3.05, 3.63) is 24.4 Å². The zero-order chi connectivity index (χ0) is 7.68. The Balaban J connectivity index is 2.08. The summed E-state index contributed by atoms with van der Waals surface area (Å²) in [6.07, 6.45) is 1.54. The Morgan fingerprint density at radius 2 is 2.45 bits per heavy atom. The number of hydrogen-bond acceptors (Lipinski definition) is 3. The molecule has 0 aliphatic carbocycles. The van der Waals surface area contributed by atoms with Crippen molar-refractivity contribution in [2.24, 2.45) is 0 Å². The Morgan fingerprint density at radius 1 is 1.64 bits per heavy atom. The van der Waals surface area contributed by atoms with Crippen LogP contribution in [0.3, 0.4) is 0 Å². The van der Waals surface area contributed by atoms with Gasteiger partial charge in [0.1, 0.15) is 5.82 Å². The van der Waals surface area contributed by atoms with Crippen LogP contribution in [0, 0.1) is 6.07 Å². The first-order chi connectivity index (χ1) is 5.36. The van der Waals surface area contributed by atoms with E-state index in [2.05, 4.69) is 11.1 Å². The van der Waals surface area contributed by atoms with E-state index in [9.17, 15) is 0 Å². The van der Waals surface area contributed by atoms with Gasteiger partial charge in [-0.05, 0) is 18.2 Å². The average molecular weight is 149 g/mol. The number of rotatable bonds is 1. The number of anilines is 1. The van der Waals surface area contributed by atoms with E-state index in [0.717, 1.165) is 5.82 Å². The maximum Gasteiger partial charge on any atom is 0.129 e. The monoisotopic (exact) mass is 149 g/mol. The van der Waals surface area contributed by atoms with Crippen LogP contribution in [0.25, 0.3) is 0 Å². The maximum absolute atomic E-state index is 9.00. The van der Waals surface area contributed by atoms with Crippen molar-refractivity contribution >= 4 is 5.82 Å². The van der Waals surface area contributed by atoms with Crippen LogP contribution in [0.1, 0.15) is 0 Å². The summed E-state index contributed by atoms with van der Waals surface area (Å²) in [5, 5.41) is 9.00. The van der Waals surface area contributed by atoms with E-state index in [1.54, 1.807) is 12.3 Å². The van der Waals surface area contributed by atoms with Gasteiger partial charge in [-0.15, -0.1) is 0 Å². The lowest BCUT2D eigenvalue weighted by Crippen LogP contribution is -2.51. The lowest BCUT2D eigenvalue weighted by molar-refractivity contribution is 0.141. The third kappa shape index (κ3) is 1.19. The quantitative estimate of drug-likeness (QED) is 0.613. The van der Waals surface area contributed by atoms with Crippen LogP contribution in [0.2, 0.25) is 0 Å². The number of aliphatic hydroxyl groups excluding tert-OH is 1. The summed E-state index contributed by atoms with van der Waals surface area (Å²) in [5.41, 5.74) is 0. The predicted molar refractivity (Wildman–Crippen MR) is 41.3 cm³/mol. The molecular weight excluding hydrogens is 140 g/mol. The van der Waals surface area contributed by atoms with E-state index in [0.29, 0.717) is 13.1 Å². The van der Waals surface area contributed by atoms with Gasteiger partial charge in [0.2, 0.25) is 0 Å². The van der Waals surface area contributed by atoms with Gasteiger partial charge in [0.05, 0.1) is 6.10 Å². The van der Waals surface area contributed by atoms with E-state index >= 15 is 0 Å². The third-order valence-corrected chi connectivity index (χ3v) is 1.78. The minimum absolute atomic E-state index is 0.169. The molecule has 0 aromatic carbocycles. The molecule has 11 heavy (non-hydrogen) atoms. The maximum atomic E-state index is 9.00. The molecule has 1 aliphatic rings. The second-order valence-electron chi connectivity index (χ2n) is 2.67. The van der Waals surface area contributed by atoms with Crippen molar-refractivity contribution in [1.82, 2.24) is 4.98 Å². The highest BCUT2D eigenvalue weighted by atomic mass is 16.3. The summed E-state index contributed by atoms with van der Waals surface area (Å²) in [6.45, 7) is 1.40. The van der Waals surface area contributed by atoms with Crippen molar-refractivity contribution in [3.8, 4) is 0 Å². The van der Waals surface area contributed by atoms with Crippen molar-refractivity contribution in [3.63, 3.8) is 0 Å². The number of aliphatic hydroxyl groups is 1. The molecule has 1 aromatic heterocycles. The van der Waals surface area contributed by atoms with Gasteiger partial charge >= 0.3 is 0 Å². The smallest absolute Gasteiger partial charge is 0.129 e.